The Hall–Kier alpha value is -1.88. The van der Waals surface area contributed by atoms with Crippen LogP contribution in [-0.2, 0) is 25.9 Å². The van der Waals surface area contributed by atoms with Gasteiger partial charge in [-0.15, -0.1) is 10.2 Å². The van der Waals surface area contributed by atoms with Crippen LogP contribution in [0, 0.1) is 0 Å². The van der Waals surface area contributed by atoms with Crippen LogP contribution in [0.25, 0.3) is 0 Å². The molecule has 0 bridgehead atoms. The second kappa shape index (κ2) is 5.01. The molecule has 2 aromatic rings. The summed E-state index contributed by atoms with van der Waals surface area (Å²) in [6.07, 6.45) is 1.77. The fourth-order valence-corrected chi connectivity index (χ4v) is 2.52. The summed E-state index contributed by atoms with van der Waals surface area (Å²) in [5.41, 5.74) is 9.50. The maximum atomic E-state index is 6.00. The molecule has 0 atom stereocenters. The molecule has 0 fully saturated rings. The minimum Gasteiger partial charge on any atom is -0.424 e. The summed E-state index contributed by atoms with van der Waals surface area (Å²) in [5.74, 6) is 1.40. The predicted molar refractivity (Wildman–Crippen MR) is 72.3 cm³/mol. The van der Waals surface area contributed by atoms with Crippen molar-refractivity contribution in [1.29, 1.82) is 0 Å². The molecule has 0 spiro atoms. The third-order valence-corrected chi connectivity index (χ3v) is 3.55. The molecule has 1 aromatic carbocycles. The number of aryl methyl sites for hydroxylation is 1. The van der Waals surface area contributed by atoms with Crippen LogP contribution in [0.4, 0.5) is 5.69 Å². The van der Waals surface area contributed by atoms with E-state index in [1.165, 1.54) is 11.1 Å². The van der Waals surface area contributed by atoms with Gasteiger partial charge in [-0.2, -0.15) is 0 Å². The molecule has 5 heteroatoms. The quantitative estimate of drug-likeness (QED) is 0.850. The summed E-state index contributed by atoms with van der Waals surface area (Å²) in [6, 6.07) is 6.13. The zero-order valence-corrected chi connectivity index (χ0v) is 11.1. The van der Waals surface area contributed by atoms with E-state index in [0.29, 0.717) is 18.3 Å². The highest BCUT2D eigenvalue weighted by atomic mass is 16.4. The van der Waals surface area contributed by atoms with Crippen molar-refractivity contribution in [3.63, 3.8) is 0 Å². The molecule has 2 N–H and O–H groups in total. The fraction of sp³-hybridized carbons (Fsp3) is 0.429. The van der Waals surface area contributed by atoms with Gasteiger partial charge in [0, 0.05) is 25.2 Å². The molecule has 2 heterocycles. The Morgan fingerprint density at radius 2 is 2.16 bits per heavy atom. The molecule has 5 nitrogen and oxygen atoms in total. The van der Waals surface area contributed by atoms with E-state index in [9.17, 15) is 0 Å². The molecule has 3 rings (SSSR count). The third-order valence-electron chi connectivity index (χ3n) is 3.55. The first-order valence-electron chi connectivity index (χ1n) is 6.66. The first kappa shape index (κ1) is 12.2. The van der Waals surface area contributed by atoms with Gasteiger partial charge in [0.15, 0.2) is 0 Å². The second-order valence-electron chi connectivity index (χ2n) is 4.89. The van der Waals surface area contributed by atoms with Crippen molar-refractivity contribution >= 4 is 5.69 Å². The van der Waals surface area contributed by atoms with Crippen LogP contribution < -0.4 is 5.73 Å². The Labute approximate surface area is 112 Å². The number of rotatable bonds is 3. The number of fused-ring (bicyclic) bond motifs is 1. The number of hydrogen-bond donors (Lipinski definition) is 1. The Bertz CT molecular complexity index is 579. The summed E-state index contributed by atoms with van der Waals surface area (Å²) in [5, 5.41) is 8.07. The van der Waals surface area contributed by atoms with E-state index in [-0.39, 0.29) is 0 Å². The molecule has 1 aliphatic rings. The van der Waals surface area contributed by atoms with Gasteiger partial charge < -0.3 is 10.2 Å². The number of nitrogen functional groups attached to an aromatic ring is 1. The number of hydrogen-bond acceptors (Lipinski definition) is 5. The van der Waals surface area contributed by atoms with Gasteiger partial charge in [0.25, 0.3) is 0 Å². The van der Waals surface area contributed by atoms with Crippen molar-refractivity contribution < 1.29 is 4.42 Å². The van der Waals surface area contributed by atoms with E-state index in [0.717, 1.165) is 31.6 Å². The van der Waals surface area contributed by atoms with Crippen molar-refractivity contribution in [3.05, 3.63) is 41.1 Å². The van der Waals surface area contributed by atoms with Crippen LogP contribution in [0.1, 0.15) is 29.8 Å². The molecular formula is C14H18N4O. The Morgan fingerprint density at radius 1 is 1.32 bits per heavy atom. The number of aromatic nitrogens is 2. The molecule has 19 heavy (non-hydrogen) atoms. The molecule has 0 saturated heterocycles. The van der Waals surface area contributed by atoms with Crippen LogP contribution in [0.3, 0.4) is 0 Å². The largest absolute Gasteiger partial charge is 0.424 e. The summed E-state index contributed by atoms with van der Waals surface area (Å²) < 4.78 is 5.56. The Balaban J connectivity index is 1.72. The van der Waals surface area contributed by atoms with Crippen LogP contribution in [-0.4, -0.2) is 21.6 Å². The van der Waals surface area contributed by atoms with Gasteiger partial charge in [-0.05, 0) is 23.6 Å². The minimum absolute atomic E-state index is 0.698. The molecule has 0 saturated carbocycles. The lowest BCUT2D eigenvalue weighted by Gasteiger charge is -2.28. The van der Waals surface area contributed by atoms with E-state index in [4.69, 9.17) is 10.2 Å². The lowest BCUT2D eigenvalue weighted by molar-refractivity contribution is 0.219. The minimum atomic E-state index is 0.698. The number of nitrogens with zero attached hydrogens (tertiary/aromatic N) is 3. The monoisotopic (exact) mass is 258 g/mol. The van der Waals surface area contributed by atoms with Crippen molar-refractivity contribution in [2.75, 3.05) is 12.3 Å². The first-order valence-corrected chi connectivity index (χ1v) is 6.66. The molecule has 0 unspecified atom stereocenters. The maximum absolute atomic E-state index is 6.00. The van der Waals surface area contributed by atoms with Crippen LogP contribution in [0.5, 0.6) is 0 Å². The Kier molecular flexibility index (Phi) is 3.21. The molecule has 0 aliphatic carbocycles. The molecule has 1 aromatic heterocycles. The predicted octanol–water partition coefficient (Wildman–Crippen LogP) is 1.77. The molecule has 0 amide bonds. The van der Waals surface area contributed by atoms with Gasteiger partial charge >= 0.3 is 0 Å². The lowest BCUT2D eigenvalue weighted by Crippen LogP contribution is -2.30. The number of nitrogens with two attached hydrogens (primary N) is 1. The topological polar surface area (TPSA) is 68.2 Å². The number of benzene rings is 1. The fourth-order valence-electron chi connectivity index (χ4n) is 2.52. The molecule has 1 aliphatic heterocycles. The van der Waals surface area contributed by atoms with Crippen molar-refractivity contribution in [2.24, 2.45) is 0 Å². The van der Waals surface area contributed by atoms with Gasteiger partial charge in [0.05, 0.1) is 6.54 Å². The van der Waals surface area contributed by atoms with Crippen LogP contribution in [0.2, 0.25) is 0 Å². The van der Waals surface area contributed by atoms with E-state index in [1.54, 1.807) is 0 Å². The third kappa shape index (κ3) is 2.46. The van der Waals surface area contributed by atoms with Crippen LogP contribution >= 0.6 is 0 Å². The lowest BCUT2D eigenvalue weighted by atomic mass is 9.98. The van der Waals surface area contributed by atoms with Gasteiger partial charge in [0.1, 0.15) is 0 Å². The zero-order valence-electron chi connectivity index (χ0n) is 11.1. The SMILES string of the molecule is CCc1nnc(CN2CCc3c(N)cccc3C2)o1. The normalized spacial score (nSPS) is 15.4. The molecular weight excluding hydrogens is 240 g/mol. The van der Waals surface area contributed by atoms with Crippen molar-refractivity contribution in [3.8, 4) is 0 Å². The summed E-state index contributed by atoms with van der Waals surface area (Å²) >= 11 is 0. The smallest absolute Gasteiger partial charge is 0.230 e. The van der Waals surface area contributed by atoms with E-state index in [2.05, 4.69) is 21.2 Å². The Morgan fingerprint density at radius 3 is 2.95 bits per heavy atom. The highest BCUT2D eigenvalue weighted by molar-refractivity contribution is 5.51. The molecule has 0 radical (unpaired) electrons. The van der Waals surface area contributed by atoms with Gasteiger partial charge in [-0.3, -0.25) is 4.90 Å². The first-order chi connectivity index (χ1) is 9.26. The average Bonchev–Trinajstić information content (AvgIpc) is 2.86. The highest BCUT2D eigenvalue weighted by Gasteiger charge is 2.19. The van der Waals surface area contributed by atoms with E-state index < -0.39 is 0 Å². The summed E-state index contributed by atoms with van der Waals surface area (Å²) in [7, 11) is 0. The van der Waals surface area contributed by atoms with E-state index >= 15 is 0 Å². The molecule has 100 valence electrons. The van der Waals surface area contributed by atoms with Crippen LogP contribution in [0.15, 0.2) is 22.6 Å². The highest BCUT2D eigenvalue weighted by Crippen LogP contribution is 2.24. The maximum Gasteiger partial charge on any atom is 0.230 e. The standard InChI is InChI=1S/C14H18N4O/c1-2-13-16-17-14(19-13)9-18-7-6-11-10(8-18)4-3-5-12(11)15/h3-5H,2,6-9,15H2,1H3. The van der Waals surface area contributed by atoms with Gasteiger partial charge in [-0.1, -0.05) is 19.1 Å². The summed E-state index contributed by atoms with van der Waals surface area (Å²) in [6.45, 7) is 4.59. The average molecular weight is 258 g/mol. The summed E-state index contributed by atoms with van der Waals surface area (Å²) in [4.78, 5) is 2.31. The van der Waals surface area contributed by atoms with Crippen molar-refractivity contribution in [1.82, 2.24) is 15.1 Å². The van der Waals surface area contributed by atoms with E-state index in [1.807, 2.05) is 19.1 Å². The number of anilines is 1. The second-order valence-corrected chi connectivity index (χ2v) is 4.89. The van der Waals surface area contributed by atoms with Gasteiger partial charge in [-0.25, -0.2) is 0 Å². The van der Waals surface area contributed by atoms with Gasteiger partial charge in [0.2, 0.25) is 11.8 Å². The van der Waals surface area contributed by atoms with Crippen molar-refractivity contribution in [2.45, 2.75) is 32.9 Å². The zero-order chi connectivity index (χ0) is 13.2.